The molecule has 0 aliphatic carbocycles. The molecule has 0 radical (unpaired) electrons. The van der Waals surface area contributed by atoms with Crippen molar-refractivity contribution in [1.29, 1.82) is 0 Å². The van der Waals surface area contributed by atoms with Crippen molar-refractivity contribution in [2.24, 2.45) is 0 Å². The van der Waals surface area contributed by atoms with Gasteiger partial charge < -0.3 is 19.0 Å². The first-order valence-electron chi connectivity index (χ1n) is 11.7. The zero-order chi connectivity index (χ0) is 26.3. The second-order valence-electron chi connectivity index (χ2n) is 8.26. The van der Waals surface area contributed by atoms with Crippen LogP contribution in [0.3, 0.4) is 0 Å². The predicted molar refractivity (Wildman–Crippen MR) is 136 cm³/mol. The van der Waals surface area contributed by atoms with E-state index < -0.39 is 29.3 Å². The monoisotopic (exact) mass is 522 g/mol. The number of benzene rings is 2. The van der Waals surface area contributed by atoms with Crippen molar-refractivity contribution in [3.05, 3.63) is 82.8 Å². The van der Waals surface area contributed by atoms with Crippen molar-refractivity contribution in [3.8, 4) is 11.5 Å². The smallest absolute Gasteiger partial charge is 0.296 e. The number of aryl methyl sites for hydroxylation is 1. The SMILES string of the molecule is CCOc1ccc(C2C(C(=O)c3ccc(C)o3)=C(O)C(=O)N2c2nc3ccc(F)cc3s2)cc1OCC. The van der Waals surface area contributed by atoms with E-state index in [2.05, 4.69) is 4.98 Å². The van der Waals surface area contributed by atoms with Crippen LogP contribution in [0, 0.1) is 12.7 Å². The van der Waals surface area contributed by atoms with E-state index >= 15 is 0 Å². The molecule has 0 saturated carbocycles. The number of nitrogens with zero attached hydrogens (tertiary/aromatic N) is 2. The lowest BCUT2D eigenvalue weighted by atomic mass is 9.95. The Labute approximate surface area is 215 Å². The molecule has 2 aromatic heterocycles. The van der Waals surface area contributed by atoms with Gasteiger partial charge in [-0.05, 0) is 68.8 Å². The van der Waals surface area contributed by atoms with Crippen molar-refractivity contribution in [2.75, 3.05) is 18.1 Å². The molecule has 10 heteroatoms. The first-order chi connectivity index (χ1) is 17.8. The van der Waals surface area contributed by atoms with Crippen molar-refractivity contribution in [3.63, 3.8) is 0 Å². The Balaban J connectivity index is 1.69. The number of Topliss-reactive ketones (excluding diaryl/α,β-unsaturated/α-hetero) is 1. The zero-order valence-electron chi connectivity index (χ0n) is 20.3. The molecule has 0 fully saturated rings. The summed E-state index contributed by atoms with van der Waals surface area (Å²) in [5, 5.41) is 11.2. The number of amides is 1. The number of fused-ring (bicyclic) bond motifs is 1. The fraction of sp³-hybridized carbons (Fsp3) is 0.222. The third-order valence-electron chi connectivity index (χ3n) is 5.85. The van der Waals surface area contributed by atoms with Crippen LogP contribution in [0.15, 0.2) is 64.3 Å². The fourth-order valence-electron chi connectivity index (χ4n) is 4.27. The standard InChI is InChI=1S/C27H23FN2O6S/c1-4-34-18-11-7-15(12-20(18)35-5-2)23-22(24(31)19-10-6-14(3)36-19)25(32)26(33)30(23)27-29-17-9-8-16(28)13-21(17)37-27/h6-13,23,32H,4-5H2,1-3H3. The lowest BCUT2D eigenvalue weighted by molar-refractivity contribution is -0.117. The van der Waals surface area contributed by atoms with Gasteiger partial charge in [0.25, 0.3) is 5.91 Å². The van der Waals surface area contributed by atoms with Gasteiger partial charge in [-0.3, -0.25) is 14.5 Å². The maximum Gasteiger partial charge on any atom is 0.296 e. The number of anilines is 1. The Morgan fingerprint density at radius 1 is 1.11 bits per heavy atom. The summed E-state index contributed by atoms with van der Waals surface area (Å²) in [5.74, 6) is -1.16. The lowest BCUT2D eigenvalue weighted by Crippen LogP contribution is -2.31. The molecule has 1 aliphatic rings. The lowest BCUT2D eigenvalue weighted by Gasteiger charge is -2.25. The summed E-state index contributed by atoms with van der Waals surface area (Å²) in [4.78, 5) is 32.7. The van der Waals surface area contributed by atoms with E-state index in [-0.39, 0.29) is 16.5 Å². The van der Waals surface area contributed by atoms with Gasteiger partial charge in [0.05, 0.1) is 35.0 Å². The van der Waals surface area contributed by atoms with Crippen molar-refractivity contribution < 1.29 is 33.0 Å². The molecule has 0 bridgehead atoms. The third kappa shape index (κ3) is 4.33. The summed E-state index contributed by atoms with van der Waals surface area (Å²) in [6.07, 6.45) is 0. The molecule has 1 aliphatic heterocycles. The molecule has 0 spiro atoms. The molecule has 3 heterocycles. The Morgan fingerprint density at radius 2 is 1.86 bits per heavy atom. The molecule has 190 valence electrons. The highest BCUT2D eigenvalue weighted by Gasteiger charge is 2.46. The van der Waals surface area contributed by atoms with E-state index in [9.17, 15) is 19.1 Å². The highest BCUT2D eigenvalue weighted by atomic mass is 32.1. The zero-order valence-corrected chi connectivity index (χ0v) is 21.1. The summed E-state index contributed by atoms with van der Waals surface area (Å²) in [7, 11) is 0. The van der Waals surface area contributed by atoms with Crippen LogP contribution in [-0.2, 0) is 4.79 Å². The number of ether oxygens (including phenoxy) is 2. The number of ketones is 1. The number of carbonyl (C=O) groups excluding carboxylic acids is 2. The fourth-order valence-corrected chi connectivity index (χ4v) is 5.28. The Morgan fingerprint density at radius 3 is 2.57 bits per heavy atom. The van der Waals surface area contributed by atoms with Gasteiger partial charge in [0, 0.05) is 0 Å². The van der Waals surface area contributed by atoms with Gasteiger partial charge in [-0.15, -0.1) is 0 Å². The van der Waals surface area contributed by atoms with Gasteiger partial charge in [0.1, 0.15) is 11.6 Å². The van der Waals surface area contributed by atoms with Gasteiger partial charge in [-0.2, -0.15) is 0 Å². The van der Waals surface area contributed by atoms with Crippen molar-refractivity contribution in [2.45, 2.75) is 26.8 Å². The molecule has 8 nitrogen and oxygen atoms in total. The Bertz CT molecular complexity index is 1560. The minimum Gasteiger partial charge on any atom is -0.503 e. The van der Waals surface area contributed by atoms with E-state index in [1.54, 1.807) is 31.2 Å². The number of halogens is 1. The van der Waals surface area contributed by atoms with Crippen LogP contribution < -0.4 is 14.4 Å². The van der Waals surface area contributed by atoms with E-state index in [4.69, 9.17) is 13.9 Å². The van der Waals surface area contributed by atoms with Crippen LogP contribution in [0.5, 0.6) is 11.5 Å². The van der Waals surface area contributed by atoms with E-state index in [0.717, 1.165) is 11.3 Å². The highest BCUT2D eigenvalue weighted by Crippen LogP contribution is 2.46. The van der Waals surface area contributed by atoms with Crippen molar-refractivity contribution >= 4 is 38.4 Å². The summed E-state index contributed by atoms with van der Waals surface area (Å²) < 4.78 is 31.3. The molecule has 2 aromatic carbocycles. The van der Waals surface area contributed by atoms with Crippen LogP contribution in [0.2, 0.25) is 0 Å². The number of hydrogen-bond acceptors (Lipinski definition) is 8. The van der Waals surface area contributed by atoms with Crippen LogP contribution >= 0.6 is 11.3 Å². The minimum absolute atomic E-state index is 0.0129. The summed E-state index contributed by atoms with van der Waals surface area (Å²) >= 11 is 1.08. The number of aliphatic hydroxyl groups is 1. The molecular weight excluding hydrogens is 499 g/mol. The number of rotatable bonds is 8. The van der Waals surface area contributed by atoms with Gasteiger partial charge in [-0.1, -0.05) is 17.4 Å². The molecule has 1 unspecified atom stereocenters. The van der Waals surface area contributed by atoms with E-state index in [1.807, 2.05) is 13.8 Å². The average molecular weight is 523 g/mol. The normalized spacial score (nSPS) is 15.6. The molecule has 5 rings (SSSR count). The van der Waals surface area contributed by atoms with Crippen LogP contribution in [0.4, 0.5) is 9.52 Å². The third-order valence-corrected chi connectivity index (χ3v) is 6.86. The number of carbonyl (C=O) groups is 2. The van der Waals surface area contributed by atoms with Crippen molar-refractivity contribution in [1.82, 2.24) is 4.98 Å². The molecule has 37 heavy (non-hydrogen) atoms. The topological polar surface area (TPSA) is 102 Å². The first-order valence-corrected chi connectivity index (χ1v) is 12.5. The van der Waals surface area contributed by atoms with Crippen LogP contribution in [-0.4, -0.2) is 35.0 Å². The van der Waals surface area contributed by atoms with Gasteiger partial charge in [0.2, 0.25) is 5.78 Å². The minimum atomic E-state index is -1.05. The van der Waals surface area contributed by atoms with Gasteiger partial charge in [0.15, 0.2) is 28.1 Å². The second kappa shape index (κ2) is 9.70. The van der Waals surface area contributed by atoms with E-state index in [0.29, 0.717) is 46.3 Å². The number of furan rings is 1. The number of aliphatic hydroxyl groups excluding tert-OH is 1. The maximum absolute atomic E-state index is 13.8. The van der Waals surface area contributed by atoms with Gasteiger partial charge >= 0.3 is 0 Å². The predicted octanol–water partition coefficient (Wildman–Crippen LogP) is 5.92. The number of thiazole rings is 1. The highest BCUT2D eigenvalue weighted by molar-refractivity contribution is 7.22. The second-order valence-corrected chi connectivity index (χ2v) is 9.27. The Hall–Kier alpha value is -4.18. The molecule has 1 atom stereocenters. The van der Waals surface area contributed by atoms with E-state index in [1.165, 1.54) is 29.2 Å². The van der Waals surface area contributed by atoms with Crippen LogP contribution in [0.25, 0.3) is 10.2 Å². The number of aromatic nitrogens is 1. The quantitative estimate of drug-likeness (QED) is 0.287. The number of hydrogen-bond donors (Lipinski definition) is 1. The molecular formula is C27H23FN2O6S. The first kappa shape index (κ1) is 24.5. The average Bonchev–Trinajstić information content (AvgIpc) is 3.56. The molecule has 0 saturated heterocycles. The Kier molecular flexibility index (Phi) is 6.43. The maximum atomic E-state index is 13.8. The summed E-state index contributed by atoms with van der Waals surface area (Å²) in [5.41, 5.74) is 0.813. The summed E-state index contributed by atoms with van der Waals surface area (Å²) in [6, 6.07) is 11.2. The molecule has 4 aromatic rings. The molecule has 1 N–H and O–H groups in total. The van der Waals surface area contributed by atoms with Crippen LogP contribution in [0.1, 0.15) is 41.8 Å². The largest absolute Gasteiger partial charge is 0.503 e. The molecule has 1 amide bonds. The van der Waals surface area contributed by atoms with Gasteiger partial charge in [-0.25, -0.2) is 9.37 Å². The summed E-state index contributed by atoms with van der Waals surface area (Å²) in [6.45, 7) is 6.14.